The molecular weight excluding hydrogens is 322 g/mol. The van der Waals surface area contributed by atoms with Gasteiger partial charge in [0, 0.05) is 4.90 Å². The fourth-order valence-electron chi connectivity index (χ4n) is 3.03. The lowest BCUT2D eigenvalue weighted by Crippen LogP contribution is -2.53. The molecule has 1 aliphatic rings. The standard InChI is InChI=1S/C19H19NO3S/c1-2-19(18(22)23,14-9-4-3-5-10-14)20-17(21)16-12-13-8-6-7-11-15(13)24-16/h3-11,16H,2,12H2,1H3,(H,20,21)(H,22,23). The van der Waals surface area contributed by atoms with E-state index < -0.39 is 11.5 Å². The van der Waals surface area contributed by atoms with E-state index in [0.29, 0.717) is 12.0 Å². The molecule has 0 fully saturated rings. The summed E-state index contributed by atoms with van der Waals surface area (Å²) in [4.78, 5) is 25.9. The Morgan fingerprint density at radius 1 is 1.17 bits per heavy atom. The van der Waals surface area contributed by atoms with E-state index in [4.69, 9.17) is 0 Å². The molecule has 4 nitrogen and oxygen atoms in total. The Morgan fingerprint density at radius 3 is 2.46 bits per heavy atom. The molecule has 0 aromatic heterocycles. The molecule has 3 rings (SSSR count). The van der Waals surface area contributed by atoms with Crippen molar-refractivity contribution in [1.29, 1.82) is 0 Å². The first-order valence-corrected chi connectivity index (χ1v) is 8.80. The van der Waals surface area contributed by atoms with Crippen LogP contribution in [0.4, 0.5) is 0 Å². The Balaban J connectivity index is 1.84. The van der Waals surface area contributed by atoms with Crippen molar-refractivity contribution < 1.29 is 14.7 Å². The molecule has 1 aliphatic heterocycles. The van der Waals surface area contributed by atoms with E-state index in [0.717, 1.165) is 10.5 Å². The van der Waals surface area contributed by atoms with E-state index >= 15 is 0 Å². The molecule has 2 aromatic carbocycles. The van der Waals surface area contributed by atoms with Gasteiger partial charge in [0.15, 0.2) is 5.54 Å². The SMILES string of the molecule is CCC(NC(=O)C1Cc2ccccc2S1)(C(=O)O)c1ccccc1. The summed E-state index contributed by atoms with van der Waals surface area (Å²) in [5.74, 6) is -1.27. The number of hydrogen-bond donors (Lipinski definition) is 2. The molecule has 1 amide bonds. The average Bonchev–Trinajstić information content (AvgIpc) is 3.04. The molecule has 0 spiro atoms. The molecule has 24 heavy (non-hydrogen) atoms. The lowest BCUT2D eigenvalue weighted by atomic mass is 9.87. The third-order valence-electron chi connectivity index (χ3n) is 4.44. The van der Waals surface area contributed by atoms with Crippen molar-refractivity contribution in [2.45, 2.75) is 35.4 Å². The van der Waals surface area contributed by atoms with Crippen molar-refractivity contribution in [3.63, 3.8) is 0 Å². The predicted octanol–water partition coefficient (Wildman–Crippen LogP) is 3.21. The zero-order valence-electron chi connectivity index (χ0n) is 13.4. The summed E-state index contributed by atoms with van der Waals surface area (Å²) in [5.41, 5.74) is 0.335. The van der Waals surface area contributed by atoms with Crippen LogP contribution in [0.15, 0.2) is 59.5 Å². The van der Waals surface area contributed by atoms with Crippen LogP contribution in [0, 0.1) is 0 Å². The number of nitrogens with one attached hydrogen (secondary N) is 1. The molecule has 0 saturated carbocycles. The maximum Gasteiger partial charge on any atom is 0.334 e. The molecule has 2 N–H and O–H groups in total. The fourth-order valence-corrected chi connectivity index (χ4v) is 4.23. The highest BCUT2D eigenvalue weighted by Crippen LogP contribution is 2.37. The summed E-state index contributed by atoms with van der Waals surface area (Å²) in [5, 5.41) is 12.3. The van der Waals surface area contributed by atoms with Crippen molar-refractivity contribution in [2.75, 3.05) is 0 Å². The number of carbonyl (C=O) groups excluding carboxylic acids is 1. The maximum atomic E-state index is 12.8. The number of fused-ring (bicyclic) bond motifs is 1. The fraction of sp³-hybridized carbons (Fsp3) is 0.263. The number of carboxylic acid groups (broad SMARTS) is 1. The normalized spacial score (nSPS) is 18.5. The van der Waals surface area contributed by atoms with Gasteiger partial charge in [-0.05, 0) is 30.0 Å². The van der Waals surface area contributed by atoms with Crippen LogP contribution in [-0.2, 0) is 21.5 Å². The molecule has 2 unspecified atom stereocenters. The van der Waals surface area contributed by atoms with Gasteiger partial charge in [-0.2, -0.15) is 0 Å². The summed E-state index contributed by atoms with van der Waals surface area (Å²) < 4.78 is 0. The largest absolute Gasteiger partial charge is 0.479 e. The highest BCUT2D eigenvalue weighted by atomic mass is 32.2. The molecule has 124 valence electrons. The van der Waals surface area contributed by atoms with E-state index in [9.17, 15) is 14.7 Å². The van der Waals surface area contributed by atoms with Crippen LogP contribution >= 0.6 is 11.8 Å². The van der Waals surface area contributed by atoms with Gasteiger partial charge >= 0.3 is 5.97 Å². The molecule has 0 radical (unpaired) electrons. The van der Waals surface area contributed by atoms with Gasteiger partial charge in [-0.1, -0.05) is 55.5 Å². The smallest absolute Gasteiger partial charge is 0.334 e. The highest BCUT2D eigenvalue weighted by molar-refractivity contribution is 8.01. The van der Waals surface area contributed by atoms with Crippen molar-refractivity contribution in [3.05, 3.63) is 65.7 Å². The third kappa shape index (κ3) is 2.91. The van der Waals surface area contributed by atoms with E-state index in [1.165, 1.54) is 11.8 Å². The van der Waals surface area contributed by atoms with Gasteiger partial charge in [0.25, 0.3) is 0 Å². The minimum Gasteiger partial charge on any atom is -0.479 e. The summed E-state index contributed by atoms with van der Waals surface area (Å²) in [6, 6.07) is 16.8. The van der Waals surface area contributed by atoms with Gasteiger partial charge in [0.2, 0.25) is 5.91 Å². The quantitative estimate of drug-likeness (QED) is 0.876. The minimum atomic E-state index is -1.40. The Bertz CT molecular complexity index is 737. The summed E-state index contributed by atoms with van der Waals surface area (Å²) in [6.45, 7) is 1.78. The second kappa shape index (κ2) is 6.69. The topological polar surface area (TPSA) is 66.4 Å². The third-order valence-corrected chi connectivity index (χ3v) is 5.76. The number of aliphatic carboxylic acids is 1. The Labute approximate surface area is 145 Å². The molecule has 0 saturated heterocycles. The number of carboxylic acids is 1. The van der Waals surface area contributed by atoms with E-state index in [2.05, 4.69) is 5.32 Å². The van der Waals surface area contributed by atoms with Crippen LogP contribution in [0.3, 0.4) is 0 Å². The summed E-state index contributed by atoms with van der Waals surface area (Å²) >= 11 is 1.50. The Kier molecular flexibility index (Phi) is 4.62. The van der Waals surface area contributed by atoms with E-state index in [-0.39, 0.29) is 17.6 Å². The monoisotopic (exact) mass is 341 g/mol. The number of carbonyl (C=O) groups is 2. The molecule has 0 bridgehead atoms. The molecule has 5 heteroatoms. The van der Waals surface area contributed by atoms with E-state index in [1.807, 2.05) is 30.3 Å². The van der Waals surface area contributed by atoms with Crippen LogP contribution in [0.25, 0.3) is 0 Å². The van der Waals surface area contributed by atoms with Crippen LogP contribution in [0.2, 0.25) is 0 Å². The van der Waals surface area contributed by atoms with Gasteiger partial charge in [-0.15, -0.1) is 11.8 Å². The van der Waals surface area contributed by atoms with Gasteiger partial charge in [0.05, 0.1) is 5.25 Å². The average molecular weight is 341 g/mol. The molecular formula is C19H19NO3S. The first-order valence-electron chi connectivity index (χ1n) is 7.92. The van der Waals surface area contributed by atoms with Crippen LogP contribution < -0.4 is 5.32 Å². The number of thioether (sulfide) groups is 1. The Morgan fingerprint density at radius 2 is 1.83 bits per heavy atom. The summed E-state index contributed by atoms with van der Waals surface area (Å²) in [7, 11) is 0. The minimum absolute atomic E-state index is 0.232. The zero-order valence-corrected chi connectivity index (χ0v) is 14.2. The van der Waals surface area contributed by atoms with Gasteiger partial charge in [-0.3, -0.25) is 4.79 Å². The lowest BCUT2D eigenvalue weighted by Gasteiger charge is -2.31. The number of amides is 1. The van der Waals surface area contributed by atoms with Gasteiger partial charge < -0.3 is 10.4 Å². The van der Waals surface area contributed by atoms with Gasteiger partial charge in [0.1, 0.15) is 0 Å². The van der Waals surface area contributed by atoms with Crippen LogP contribution in [0.1, 0.15) is 24.5 Å². The van der Waals surface area contributed by atoms with E-state index in [1.54, 1.807) is 31.2 Å². The molecule has 2 atom stereocenters. The van der Waals surface area contributed by atoms with Crippen molar-refractivity contribution in [3.8, 4) is 0 Å². The summed E-state index contributed by atoms with van der Waals surface area (Å²) in [6.07, 6.45) is 0.906. The van der Waals surface area contributed by atoms with Crippen LogP contribution in [0.5, 0.6) is 0 Å². The van der Waals surface area contributed by atoms with Crippen LogP contribution in [-0.4, -0.2) is 22.2 Å². The molecule has 0 aliphatic carbocycles. The number of rotatable bonds is 5. The second-order valence-electron chi connectivity index (χ2n) is 5.84. The first kappa shape index (κ1) is 16.6. The van der Waals surface area contributed by atoms with Gasteiger partial charge in [-0.25, -0.2) is 4.79 Å². The zero-order chi connectivity index (χ0) is 17.2. The molecule has 2 aromatic rings. The first-order chi connectivity index (χ1) is 11.6. The van der Waals surface area contributed by atoms with Crippen molar-refractivity contribution in [2.24, 2.45) is 0 Å². The maximum absolute atomic E-state index is 12.8. The van der Waals surface area contributed by atoms with Crippen molar-refractivity contribution in [1.82, 2.24) is 5.32 Å². The number of benzene rings is 2. The lowest BCUT2D eigenvalue weighted by molar-refractivity contribution is -0.148. The highest BCUT2D eigenvalue weighted by Gasteiger charge is 2.42. The number of hydrogen-bond acceptors (Lipinski definition) is 3. The second-order valence-corrected chi connectivity index (χ2v) is 7.08. The predicted molar refractivity (Wildman–Crippen MR) is 94.0 cm³/mol. The molecule has 1 heterocycles. The Hall–Kier alpha value is -2.27. The van der Waals surface area contributed by atoms with Crippen molar-refractivity contribution >= 4 is 23.6 Å².